The number of ether oxygens (including phenoxy) is 1. The Kier molecular flexibility index (Phi) is 8.76. The maximum absolute atomic E-state index is 13.4. The van der Waals surface area contributed by atoms with Crippen molar-refractivity contribution in [1.29, 1.82) is 0 Å². The van der Waals surface area contributed by atoms with Crippen molar-refractivity contribution in [2.24, 2.45) is 5.11 Å². The van der Waals surface area contributed by atoms with Crippen molar-refractivity contribution in [3.63, 3.8) is 0 Å². The minimum atomic E-state index is -6.37. The number of carbonyl (C=O) groups excluding carboxylic acids is 1. The standard InChI is InChI=1S/C16H18F7N3O2S/c1-28-13(27)6-2-4-10-7-8-12(29-10)11(25-26-24)5-3-9-14(17,18)15(19,20)16(21,22)23/h7-8,11H,2-6,9H2,1H3. The zero-order valence-electron chi connectivity index (χ0n) is 15.2. The molecule has 164 valence electrons. The van der Waals surface area contributed by atoms with E-state index in [4.69, 9.17) is 5.53 Å². The first-order valence-corrected chi connectivity index (χ1v) is 9.19. The first-order chi connectivity index (χ1) is 13.4. The number of methoxy groups -OCH3 is 1. The molecular formula is C16H18F7N3O2S. The molecule has 0 aromatic carbocycles. The van der Waals surface area contributed by atoms with Gasteiger partial charge in [-0.25, -0.2) is 0 Å². The van der Waals surface area contributed by atoms with Crippen LogP contribution in [0.2, 0.25) is 0 Å². The maximum atomic E-state index is 13.4. The number of halogens is 7. The van der Waals surface area contributed by atoms with Gasteiger partial charge >= 0.3 is 24.0 Å². The summed E-state index contributed by atoms with van der Waals surface area (Å²) >= 11 is 1.18. The number of hydrogen-bond donors (Lipinski definition) is 0. The molecule has 5 nitrogen and oxygen atoms in total. The average molecular weight is 449 g/mol. The van der Waals surface area contributed by atoms with Gasteiger partial charge in [0.05, 0.1) is 13.2 Å². The van der Waals surface area contributed by atoms with E-state index in [0.717, 1.165) is 4.88 Å². The molecule has 0 radical (unpaired) electrons. The molecule has 1 aromatic rings. The SMILES string of the molecule is COC(=O)CCCc1ccc(C(CCCC(F)(F)C(F)(F)C(F)(F)F)N=[N+]=[N-])s1. The monoisotopic (exact) mass is 449 g/mol. The van der Waals surface area contributed by atoms with Gasteiger partial charge in [0.15, 0.2) is 0 Å². The molecule has 0 aliphatic carbocycles. The molecule has 0 saturated carbocycles. The third-order valence-corrected chi connectivity index (χ3v) is 5.26. The molecule has 0 fully saturated rings. The van der Waals surface area contributed by atoms with E-state index in [0.29, 0.717) is 17.7 Å². The number of esters is 1. The van der Waals surface area contributed by atoms with Gasteiger partial charge in [-0.15, -0.1) is 11.3 Å². The van der Waals surface area contributed by atoms with Crippen molar-refractivity contribution in [2.75, 3.05) is 7.11 Å². The van der Waals surface area contributed by atoms with E-state index in [1.807, 2.05) is 0 Å². The summed E-state index contributed by atoms with van der Waals surface area (Å²) in [6.07, 6.45) is -7.95. The van der Waals surface area contributed by atoms with Gasteiger partial charge in [0.25, 0.3) is 0 Å². The van der Waals surface area contributed by atoms with Crippen LogP contribution in [0.5, 0.6) is 0 Å². The Hall–Kier alpha value is -2.01. The highest BCUT2D eigenvalue weighted by molar-refractivity contribution is 7.12. The second-order valence-electron chi connectivity index (χ2n) is 6.12. The van der Waals surface area contributed by atoms with E-state index in [9.17, 15) is 35.5 Å². The quantitative estimate of drug-likeness (QED) is 0.126. The van der Waals surface area contributed by atoms with Crippen molar-refractivity contribution in [1.82, 2.24) is 0 Å². The Bertz CT molecular complexity index is 730. The van der Waals surface area contributed by atoms with E-state index >= 15 is 0 Å². The van der Waals surface area contributed by atoms with Gasteiger partial charge in [-0.05, 0) is 43.3 Å². The maximum Gasteiger partial charge on any atom is 0.459 e. The molecule has 0 bridgehead atoms. The fraction of sp³-hybridized carbons (Fsp3) is 0.688. The lowest BCUT2D eigenvalue weighted by Gasteiger charge is -2.28. The predicted molar refractivity (Wildman–Crippen MR) is 91.0 cm³/mol. The Morgan fingerprint density at radius 2 is 1.86 bits per heavy atom. The van der Waals surface area contributed by atoms with Gasteiger partial charge in [-0.3, -0.25) is 4.79 Å². The van der Waals surface area contributed by atoms with Crippen molar-refractivity contribution in [3.05, 3.63) is 32.3 Å². The van der Waals surface area contributed by atoms with E-state index in [-0.39, 0.29) is 18.8 Å². The third-order valence-electron chi connectivity index (χ3n) is 4.02. The van der Waals surface area contributed by atoms with Crippen LogP contribution in [0.4, 0.5) is 30.7 Å². The summed E-state index contributed by atoms with van der Waals surface area (Å²) in [6, 6.07) is 2.25. The van der Waals surface area contributed by atoms with Crippen molar-refractivity contribution in [3.8, 4) is 0 Å². The number of carbonyl (C=O) groups is 1. The topological polar surface area (TPSA) is 75.1 Å². The fourth-order valence-corrected chi connectivity index (χ4v) is 3.54. The van der Waals surface area contributed by atoms with Crippen LogP contribution >= 0.6 is 11.3 Å². The molecule has 1 rings (SSSR count). The van der Waals surface area contributed by atoms with E-state index in [1.165, 1.54) is 18.4 Å². The fourth-order valence-electron chi connectivity index (χ4n) is 2.42. The molecule has 0 saturated heterocycles. The summed E-state index contributed by atoms with van der Waals surface area (Å²) in [7, 11) is 1.25. The second kappa shape index (κ2) is 10.1. The van der Waals surface area contributed by atoms with Gasteiger partial charge < -0.3 is 4.74 Å². The number of thiophene rings is 1. The molecular weight excluding hydrogens is 431 g/mol. The smallest absolute Gasteiger partial charge is 0.459 e. The average Bonchev–Trinajstić information content (AvgIpc) is 3.08. The van der Waals surface area contributed by atoms with E-state index in [1.54, 1.807) is 12.1 Å². The summed E-state index contributed by atoms with van der Waals surface area (Å²) < 4.78 is 93.5. The van der Waals surface area contributed by atoms with Crippen molar-refractivity contribution >= 4 is 17.3 Å². The molecule has 0 aliphatic rings. The van der Waals surface area contributed by atoms with Crippen LogP contribution in [0.15, 0.2) is 17.2 Å². The molecule has 29 heavy (non-hydrogen) atoms. The zero-order chi connectivity index (χ0) is 22.3. The molecule has 1 aromatic heterocycles. The number of rotatable bonds is 11. The Labute approximate surface area is 165 Å². The second-order valence-corrected chi connectivity index (χ2v) is 7.32. The molecule has 0 spiro atoms. The summed E-state index contributed by atoms with van der Waals surface area (Å²) in [5.74, 6) is -11.8. The van der Waals surface area contributed by atoms with Crippen LogP contribution in [-0.2, 0) is 16.0 Å². The Morgan fingerprint density at radius 1 is 1.21 bits per heavy atom. The first-order valence-electron chi connectivity index (χ1n) is 8.37. The Balaban J connectivity index is 2.71. The van der Waals surface area contributed by atoms with Crippen LogP contribution < -0.4 is 0 Å². The lowest BCUT2D eigenvalue weighted by atomic mass is 10.0. The van der Waals surface area contributed by atoms with Gasteiger partial charge in [0.1, 0.15) is 0 Å². The summed E-state index contributed by atoms with van der Waals surface area (Å²) in [5.41, 5.74) is 8.62. The highest BCUT2D eigenvalue weighted by Crippen LogP contribution is 2.49. The zero-order valence-corrected chi connectivity index (χ0v) is 16.0. The summed E-state index contributed by atoms with van der Waals surface area (Å²) in [4.78, 5) is 14.9. The summed E-state index contributed by atoms with van der Waals surface area (Å²) in [5, 5.41) is 3.42. The number of nitrogens with zero attached hydrogens (tertiary/aromatic N) is 3. The molecule has 0 aliphatic heterocycles. The van der Waals surface area contributed by atoms with Gasteiger partial charge in [-0.1, -0.05) is 5.11 Å². The largest absolute Gasteiger partial charge is 0.469 e. The lowest BCUT2D eigenvalue weighted by molar-refractivity contribution is -0.355. The van der Waals surface area contributed by atoms with Crippen molar-refractivity contribution < 1.29 is 40.3 Å². The van der Waals surface area contributed by atoms with E-state index < -0.39 is 36.9 Å². The van der Waals surface area contributed by atoms with Crippen LogP contribution in [0.1, 0.15) is 47.9 Å². The number of alkyl halides is 7. The lowest BCUT2D eigenvalue weighted by Crippen LogP contribution is -2.51. The molecule has 1 unspecified atom stereocenters. The Morgan fingerprint density at radius 3 is 2.41 bits per heavy atom. The first kappa shape index (κ1) is 25.0. The summed E-state index contributed by atoms with van der Waals surface area (Å²) in [6.45, 7) is 0. The molecule has 13 heteroatoms. The number of azide groups is 1. The molecule has 0 N–H and O–H groups in total. The minimum absolute atomic E-state index is 0.187. The molecule has 1 heterocycles. The normalized spacial score (nSPS) is 13.7. The van der Waals surface area contributed by atoms with Gasteiger partial charge in [0.2, 0.25) is 0 Å². The van der Waals surface area contributed by atoms with Gasteiger partial charge in [0, 0.05) is 27.5 Å². The van der Waals surface area contributed by atoms with Crippen LogP contribution in [-0.4, -0.2) is 31.1 Å². The molecule has 0 amide bonds. The minimum Gasteiger partial charge on any atom is -0.469 e. The third kappa shape index (κ3) is 6.77. The van der Waals surface area contributed by atoms with Crippen LogP contribution in [0, 0.1) is 0 Å². The molecule has 1 atom stereocenters. The number of hydrogen-bond acceptors (Lipinski definition) is 4. The van der Waals surface area contributed by atoms with Crippen molar-refractivity contribution in [2.45, 2.75) is 62.6 Å². The predicted octanol–water partition coefficient (Wildman–Crippen LogP) is 6.60. The highest BCUT2D eigenvalue weighted by Gasteiger charge is 2.72. The number of aryl methyl sites for hydroxylation is 1. The van der Waals surface area contributed by atoms with Gasteiger partial charge in [-0.2, -0.15) is 30.7 Å². The van der Waals surface area contributed by atoms with E-state index in [2.05, 4.69) is 14.8 Å². The van der Waals surface area contributed by atoms with Crippen LogP contribution in [0.25, 0.3) is 10.4 Å². The highest BCUT2D eigenvalue weighted by atomic mass is 32.1. The van der Waals surface area contributed by atoms with Crippen LogP contribution in [0.3, 0.4) is 0 Å².